The fourth-order valence-electron chi connectivity index (χ4n) is 1.51. The van der Waals surface area contributed by atoms with Crippen LogP contribution in [0.4, 0.5) is 4.39 Å². The number of hydrogen-bond donors (Lipinski definition) is 1. The van der Waals surface area contributed by atoms with Crippen LogP contribution >= 0.6 is 39.1 Å². The Kier molecular flexibility index (Phi) is 4.96. The van der Waals surface area contributed by atoms with Gasteiger partial charge in [-0.3, -0.25) is 4.79 Å². The molecule has 1 aromatic carbocycles. The molecular weight excluding hydrogens is 370 g/mol. The molecule has 0 aliphatic rings. The minimum Gasteiger partial charge on any atom is -0.348 e. The van der Waals surface area contributed by atoms with E-state index in [2.05, 4.69) is 26.2 Å². The van der Waals surface area contributed by atoms with Crippen LogP contribution in [0.2, 0.25) is 10.2 Å². The van der Waals surface area contributed by atoms with Gasteiger partial charge in [0.25, 0.3) is 5.91 Å². The number of halogens is 4. The van der Waals surface area contributed by atoms with Crippen LogP contribution in [0.25, 0.3) is 0 Å². The van der Waals surface area contributed by atoms with E-state index in [1.165, 1.54) is 18.3 Å². The normalized spacial score (nSPS) is 10.4. The average molecular weight is 378 g/mol. The van der Waals surface area contributed by atoms with Gasteiger partial charge in [0, 0.05) is 17.2 Å². The van der Waals surface area contributed by atoms with Crippen LogP contribution in [0.3, 0.4) is 0 Å². The third-order valence-electron chi connectivity index (χ3n) is 2.49. The fourth-order valence-corrected chi connectivity index (χ4v) is 2.23. The molecule has 2 aromatic rings. The Labute approximate surface area is 133 Å². The molecule has 20 heavy (non-hydrogen) atoms. The van der Waals surface area contributed by atoms with Crippen LogP contribution in [0.15, 0.2) is 34.9 Å². The van der Waals surface area contributed by atoms with Crippen LogP contribution in [0, 0.1) is 5.82 Å². The van der Waals surface area contributed by atoms with E-state index >= 15 is 0 Å². The number of carbonyl (C=O) groups excluding carboxylic acids is 1. The lowest BCUT2D eigenvalue weighted by Gasteiger charge is -2.07. The molecule has 104 valence electrons. The van der Waals surface area contributed by atoms with Crippen molar-refractivity contribution in [1.29, 1.82) is 0 Å². The van der Waals surface area contributed by atoms with Gasteiger partial charge in [-0.25, -0.2) is 9.37 Å². The zero-order valence-electron chi connectivity index (χ0n) is 9.96. The van der Waals surface area contributed by atoms with E-state index in [1.54, 1.807) is 12.1 Å². The second kappa shape index (κ2) is 6.52. The van der Waals surface area contributed by atoms with Crippen molar-refractivity contribution in [3.63, 3.8) is 0 Å². The highest BCUT2D eigenvalue weighted by atomic mass is 79.9. The monoisotopic (exact) mass is 376 g/mol. The van der Waals surface area contributed by atoms with E-state index in [4.69, 9.17) is 23.2 Å². The molecule has 7 heteroatoms. The predicted octanol–water partition coefficient (Wildman–Crippen LogP) is 4.22. The van der Waals surface area contributed by atoms with Gasteiger partial charge in [-0.15, -0.1) is 0 Å². The maximum Gasteiger partial charge on any atom is 0.254 e. The number of pyridine rings is 1. The summed E-state index contributed by atoms with van der Waals surface area (Å²) in [5.74, 6) is -0.870. The summed E-state index contributed by atoms with van der Waals surface area (Å²) in [5.41, 5.74) is 0.943. The maximum atomic E-state index is 13.0. The van der Waals surface area contributed by atoms with Gasteiger partial charge in [-0.1, -0.05) is 29.3 Å². The first kappa shape index (κ1) is 15.2. The number of hydrogen-bond acceptors (Lipinski definition) is 2. The van der Waals surface area contributed by atoms with E-state index in [0.717, 1.165) is 0 Å². The molecule has 0 unspecified atom stereocenters. The highest BCUT2D eigenvalue weighted by Gasteiger charge is 2.12. The smallest absolute Gasteiger partial charge is 0.254 e. The minimum atomic E-state index is -0.499. The highest BCUT2D eigenvalue weighted by molar-refractivity contribution is 9.10. The Morgan fingerprint density at radius 2 is 2.10 bits per heavy atom. The first-order valence-electron chi connectivity index (χ1n) is 5.50. The molecule has 0 aliphatic carbocycles. The van der Waals surface area contributed by atoms with Crippen molar-refractivity contribution in [3.05, 3.63) is 62.1 Å². The Morgan fingerprint density at radius 3 is 2.80 bits per heavy atom. The number of rotatable bonds is 3. The third-order valence-corrected chi connectivity index (χ3v) is 3.51. The van der Waals surface area contributed by atoms with Gasteiger partial charge in [0.1, 0.15) is 11.0 Å². The molecule has 2 rings (SSSR count). The van der Waals surface area contributed by atoms with Crippen molar-refractivity contribution in [2.45, 2.75) is 6.54 Å². The highest BCUT2D eigenvalue weighted by Crippen LogP contribution is 2.19. The number of nitrogens with zero attached hydrogens (tertiary/aromatic N) is 1. The van der Waals surface area contributed by atoms with Gasteiger partial charge in [0.2, 0.25) is 0 Å². The minimum absolute atomic E-state index is 0.0129. The summed E-state index contributed by atoms with van der Waals surface area (Å²) in [6.07, 6.45) is 1.50. The van der Waals surface area contributed by atoms with Crippen molar-refractivity contribution < 1.29 is 9.18 Å². The molecule has 1 amide bonds. The predicted molar refractivity (Wildman–Crippen MR) is 79.5 cm³/mol. The Bertz CT molecular complexity index is 667. The molecule has 0 radical (unpaired) electrons. The van der Waals surface area contributed by atoms with Crippen LogP contribution in [0.5, 0.6) is 0 Å². The zero-order chi connectivity index (χ0) is 14.7. The summed E-state index contributed by atoms with van der Waals surface area (Å²) in [6, 6.07) is 5.82. The van der Waals surface area contributed by atoms with Gasteiger partial charge in [0.15, 0.2) is 0 Å². The molecule has 0 aliphatic heterocycles. The lowest BCUT2D eigenvalue weighted by Crippen LogP contribution is -2.23. The standard InChI is InChI=1S/C13H8BrCl2FN2O/c14-8-4-9(12(16)18-6-8)13(20)19-5-7-1-2-11(17)10(15)3-7/h1-4,6H,5H2,(H,19,20). The largest absolute Gasteiger partial charge is 0.348 e. The van der Waals surface area contributed by atoms with Gasteiger partial charge in [-0.2, -0.15) is 0 Å². The van der Waals surface area contributed by atoms with Gasteiger partial charge in [-0.05, 0) is 39.7 Å². The first-order valence-corrected chi connectivity index (χ1v) is 7.05. The van der Waals surface area contributed by atoms with Gasteiger partial charge in [0.05, 0.1) is 10.6 Å². The van der Waals surface area contributed by atoms with Crippen LogP contribution in [0.1, 0.15) is 15.9 Å². The molecule has 0 saturated heterocycles. The van der Waals surface area contributed by atoms with Crippen molar-refractivity contribution in [3.8, 4) is 0 Å². The molecule has 0 spiro atoms. The SMILES string of the molecule is O=C(NCc1ccc(F)c(Cl)c1)c1cc(Br)cnc1Cl. The number of amides is 1. The number of carbonyl (C=O) groups is 1. The summed E-state index contributed by atoms with van der Waals surface area (Å²) >= 11 is 14.7. The molecule has 0 atom stereocenters. The lowest BCUT2D eigenvalue weighted by atomic mass is 10.2. The number of benzene rings is 1. The molecule has 1 N–H and O–H groups in total. The quantitative estimate of drug-likeness (QED) is 0.813. The third kappa shape index (κ3) is 3.69. The average Bonchev–Trinajstić information content (AvgIpc) is 2.42. The summed E-state index contributed by atoms with van der Waals surface area (Å²) in [5, 5.41) is 2.79. The molecular formula is C13H8BrCl2FN2O. The molecule has 0 bridgehead atoms. The van der Waals surface area contributed by atoms with Crippen molar-refractivity contribution in [1.82, 2.24) is 10.3 Å². The van der Waals surface area contributed by atoms with Crippen LogP contribution < -0.4 is 5.32 Å². The Morgan fingerprint density at radius 1 is 1.35 bits per heavy atom. The molecule has 1 heterocycles. The zero-order valence-corrected chi connectivity index (χ0v) is 13.1. The van der Waals surface area contributed by atoms with E-state index in [-0.39, 0.29) is 28.2 Å². The van der Waals surface area contributed by atoms with Crippen LogP contribution in [-0.2, 0) is 6.54 Å². The van der Waals surface area contributed by atoms with Crippen molar-refractivity contribution in [2.75, 3.05) is 0 Å². The summed E-state index contributed by atoms with van der Waals surface area (Å²) < 4.78 is 13.7. The summed E-state index contributed by atoms with van der Waals surface area (Å²) in [6.45, 7) is 0.210. The summed E-state index contributed by atoms with van der Waals surface area (Å²) in [7, 11) is 0. The van der Waals surface area contributed by atoms with Gasteiger partial charge < -0.3 is 5.32 Å². The van der Waals surface area contributed by atoms with Gasteiger partial charge >= 0.3 is 0 Å². The Hall–Kier alpha value is -1.17. The Balaban J connectivity index is 2.08. The molecule has 0 fully saturated rings. The number of nitrogens with one attached hydrogen (secondary N) is 1. The molecule has 3 nitrogen and oxygen atoms in total. The van der Waals surface area contributed by atoms with Crippen molar-refractivity contribution in [2.24, 2.45) is 0 Å². The maximum absolute atomic E-state index is 13.0. The lowest BCUT2D eigenvalue weighted by molar-refractivity contribution is 0.0950. The van der Waals surface area contributed by atoms with E-state index < -0.39 is 5.82 Å². The molecule has 0 saturated carbocycles. The van der Waals surface area contributed by atoms with E-state index in [1.807, 2.05) is 0 Å². The van der Waals surface area contributed by atoms with E-state index in [0.29, 0.717) is 10.0 Å². The van der Waals surface area contributed by atoms with E-state index in [9.17, 15) is 9.18 Å². The molecule has 1 aromatic heterocycles. The summed E-state index contributed by atoms with van der Waals surface area (Å²) in [4.78, 5) is 15.8. The topological polar surface area (TPSA) is 42.0 Å². The van der Waals surface area contributed by atoms with Crippen molar-refractivity contribution >= 4 is 45.0 Å². The second-order valence-corrected chi connectivity index (χ2v) is 5.60. The number of aromatic nitrogens is 1. The fraction of sp³-hybridized carbons (Fsp3) is 0.0769. The van der Waals surface area contributed by atoms with Crippen LogP contribution in [-0.4, -0.2) is 10.9 Å². The first-order chi connectivity index (χ1) is 9.47. The second-order valence-electron chi connectivity index (χ2n) is 3.92.